The smallest absolute Gasteiger partial charge is 0.223 e. The first-order chi connectivity index (χ1) is 11.8. The van der Waals surface area contributed by atoms with Crippen LogP contribution < -0.4 is 0 Å². The Bertz CT molecular complexity index is 679. The zero-order valence-corrected chi connectivity index (χ0v) is 15.9. The summed E-state index contributed by atoms with van der Waals surface area (Å²) in [7, 11) is 0. The molecule has 0 aliphatic rings. The van der Waals surface area contributed by atoms with Crippen molar-refractivity contribution in [1.82, 2.24) is 4.90 Å². The van der Waals surface area contributed by atoms with Gasteiger partial charge in [0.05, 0.1) is 0 Å². The van der Waals surface area contributed by atoms with Crippen molar-refractivity contribution in [2.45, 2.75) is 59.0 Å². The molecule has 1 atom stereocenters. The van der Waals surface area contributed by atoms with Crippen LogP contribution in [0.3, 0.4) is 0 Å². The first-order valence-electron chi connectivity index (χ1n) is 8.97. The van der Waals surface area contributed by atoms with Gasteiger partial charge < -0.3 is 10.0 Å². The molecule has 1 unspecified atom stereocenters. The van der Waals surface area contributed by atoms with E-state index in [0.717, 1.165) is 16.7 Å². The molecule has 25 heavy (non-hydrogen) atoms. The predicted molar refractivity (Wildman–Crippen MR) is 103 cm³/mol. The molecule has 0 fully saturated rings. The number of hydrogen-bond acceptors (Lipinski definition) is 2. The molecular formula is C22H29NO2. The van der Waals surface area contributed by atoms with Crippen molar-refractivity contribution in [2.75, 3.05) is 0 Å². The first kappa shape index (κ1) is 19.0. The third kappa shape index (κ3) is 4.41. The molecule has 0 saturated carbocycles. The average molecular weight is 339 g/mol. The molecule has 2 aromatic rings. The highest BCUT2D eigenvalue weighted by Crippen LogP contribution is 2.36. The number of aryl methyl sites for hydroxylation is 1. The zero-order chi connectivity index (χ0) is 18.6. The summed E-state index contributed by atoms with van der Waals surface area (Å²) >= 11 is 0. The number of aromatic hydroxyl groups is 1. The standard InChI is InChI=1S/C22H29NO2/c1-15(2)23(16(3)4)21(25)14-19(18-11-7-6-8-12-18)22-17(5)10-9-13-20(22)24/h6-13,15-16,19,24H,14H2,1-5H3. The maximum atomic E-state index is 13.1. The number of hydrogen-bond donors (Lipinski definition) is 1. The zero-order valence-electron chi connectivity index (χ0n) is 15.9. The summed E-state index contributed by atoms with van der Waals surface area (Å²) in [6, 6.07) is 15.8. The lowest BCUT2D eigenvalue weighted by Crippen LogP contribution is -2.42. The van der Waals surface area contributed by atoms with Gasteiger partial charge in [0.1, 0.15) is 5.75 Å². The highest BCUT2D eigenvalue weighted by Gasteiger charge is 2.27. The molecule has 0 bridgehead atoms. The highest BCUT2D eigenvalue weighted by molar-refractivity contribution is 5.78. The van der Waals surface area contributed by atoms with Gasteiger partial charge in [0, 0.05) is 30.0 Å². The predicted octanol–water partition coefficient (Wildman–Crippen LogP) is 4.87. The molecule has 0 spiro atoms. The third-order valence-corrected chi connectivity index (χ3v) is 4.63. The minimum absolute atomic E-state index is 0.113. The van der Waals surface area contributed by atoms with E-state index in [4.69, 9.17) is 0 Å². The molecule has 2 aromatic carbocycles. The largest absolute Gasteiger partial charge is 0.508 e. The molecule has 134 valence electrons. The molecule has 0 radical (unpaired) electrons. The van der Waals surface area contributed by atoms with Gasteiger partial charge in [0.15, 0.2) is 0 Å². The van der Waals surface area contributed by atoms with E-state index in [1.807, 2.05) is 82.0 Å². The van der Waals surface area contributed by atoms with Gasteiger partial charge in [0.2, 0.25) is 5.91 Å². The van der Waals surface area contributed by atoms with Crippen molar-refractivity contribution in [2.24, 2.45) is 0 Å². The van der Waals surface area contributed by atoms with Crippen molar-refractivity contribution in [3.05, 3.63) is 65.2 Å². The molecule has 0 heterocycles. The number of benzene rings is 2. The van der Waals surface area contributed by atoms with E-state index >= 15 is 0 Å². The van der Waals surface area contributed by atoms with Crippen LogP contribution >= 0.6 is 0 Å². The maximum Gasteiger partial charge on any atom is 0.223 e. The fourth-order valence-corrected chi connectivity index (χ4v) is 3.64. The van der Waals surface area contributed by atoms with Gasteiger partial charge in [-0.2, -0.15) is 0 Å². The Morgan fingerprint density at radius 1 is 0.960 bits per heavy atom. The van der Waals surface area contributed by atoms with E-state index in [-0.39, 0.29) is 29.7 Å². The Balaban J connectivity index is 2.45. The maximum absolute atomic E-state index is 13.1. The molecule has 3 nitrogen and oxygen atoms in total. The number of carbonyl (C=O) groups is 1. The minimum atomic E-state index is -0.158. The van der Waals surface area contributed by atoms with Crippen LogP contribution in [0.25, 0.3) is 0 Å². The van der Waals surface area contributed by atoms with Crippen LogP contribution in [0.2, 0.25) is 0 Å². The van der Waals surface area contributed by atoms with Gasteiger partial charge in [-0.25, -0.2) is 0 Å². The quantitative estimate of drug-likeness (QED) is 0.816. The third-order valence-electron chi connectivity index (χ3n) is 4.63. The highest BCUT2D eigenvalue weighted by atomic mass is 16.3. The van der Waals surface area contributed by atoms with E-state index in [2.05, 4.69) is 0 Å². The Morgan fingerprint density at radius 2 is 1.56 bits per heavy atom. The normalized spacial score (nSPS) is 12.4. The fourth-order valence-electron chi connectivity index (χ4n) is 3.64. The summed E-state index contributed by atoms with van der Waals surface area (Å²) in [6.45, 7) is 10.2. The molecular weight excluding hydrogens is 310 g/mol. The van der Waals surface area contributed by atoms with Crippen LogP contribution in [0.5, 0.6) is 5.75 Å². The summed E-state index contributed by atoms with van der Waals surface area (Å²) in [6.07, 6.45) is 0.346. The van der Waals surface area contributed by atoms with Gasteiger partial charge in [-0.1, -0.05) is 42.5 Å². The lowest BCUT2D eigenvalue weighted by atomic mass is 9.85. The summed E-state index contributed by atoms with van der Waals surface area (Å²) in [4.78, 5) is 15.0. The van der Waals surface area contributed by atoms with Crippen molar-refractivity contribution in [3.63, 3.8) is 0 Å². The molecule has 0 aliphatic carbocycles. The van der Waals surface area contributed by atoms with Crippen molar-refractivity contribution in [3.8, 4) is 5.75 Å². The van der Waals surface area contributed by atoms with Gasteiger partial charge in [-0.3, -0.25) is 4.79 Å². The summed E-state index contributed by atoms with van der Waals surface area (Å²) in [5.74, 6) is 0.207. The molecule has 0 aliphatic heterocycles. The topological polar surface area (TPSA) is 40.5 Å². The average Bonchev–Trinajstić information content (AvgIpc) is 2.53. The monoisotopic (exact) mass is 339 g/mol. The number of rotatable bonds is 6. The number of phenols is 1. The molecule has 2 rings (SSSR count). The Hall–Kier alpha value is -2.29. The number of nitrogens with zero attached hydrogens (tertiary/aromatic N) is 1. The Morgan fingerprint density at radius 3 is 2.08 bits per heavy atom. The van der Waals surface area contributed by atoms with Gasteiger partial charge in [0.25, 0.3) is 0 Å². The van der Waals surface area contributed by atoms with Crippen LogP contribution in [0, 0.1) is 6.92 Å². The molecule has 1 N–H and O–H groups in total. The first-order valence-corrected chi connectivity index (χ1v) is 8.97. The summed E-state index contributed by atoms with van der Waals surface area (Å²) < 4.78 is 0. The Labute approximate surface area is 151 Å². The van der Waals surface area contributed by atoms with Crippen LogP contribution in [0.4, 0.5) is 0 Å². The molecule has 1 amide bonds. The van der Waals surface area contributed by atoms with E-state index in [9.17, 15) is 9.90 Å². The Kier molecular flexibility index (Phi) is 6.24. The van der Waals surface area contributed by atoms with Crippen LogP contribution in [0.1, 0.15) is 56.7 Å². The number of carbonyl (C=O) groups excluding carboxylic acids is 1. The van der Waals surface area contributed by atoms with Gasteiger partial charge in [-0.15, -0.1) is 0 Å². The van der Waals surface area contributed by atoms with Crippen LogP contribution in [0.15, 0.2) is 48.5 Å². The lowest BCUT2D eigenvalue weighted by molar-refractivity contribution is -0.135. The second-order valence-corrected chi connectivity index (χ2v) is 7.16. The SMILES string of the molecule is Cc1cccc(O)c1C(CC(=O)N(C(C)C)C(C)C)c1ccccc1. The van der Waals surface area contributed by atoms with Crippen molar-refractivity contribution >= 4 is 5.91 Å². The molecule has 3 heteroatoms. The lowest BCUT2D eigenvalue weighted by Gasteiger charge is -2.32. The molecule has 0 saturated heterocycles. The molecule has 0 aromatic heterocycles. The van der Waals surface area contributed by atoms with Crippen LogP contribution in [-0.2, 0) is 4.79 Å². The summed E-state index contributed by atoms with van der Waals surface area (Å²) in [5, 5.41) is 10.5. The number of amides is 1. The van der Waals surface area contributed by atoms with Gasteiger partial charge >= 0.3 is 0 Å². The van der Waals surface area contributed by atoms with Gasteiger partial charge in [-0.05, 0) is 51.8 Å². The van der Waals surface area contributed by atoms with E-state index < -0.39 is 0 Å². The van der Waals surface area contributed by atoms with Crippen molar-refractivity contribution in [1.29, 1.82) is 0 Å². The number of phenolic OH excluding ortho intramolecular Hbond substituents is 1. The second-order valence-electron chi connectivity index (χ2n) is 7.16. The van der Waals surface area contributed by atoms with E-state index in [0.29, 0.717) is 6.42 Å². The fraction of sp³-hybridized carbons (Fsp3) is 0.409. The van der Waals surface area contributed by atoms with E-state index in [1.54, 1.807) is 6.07 Å². The van der Waals surface area contributed by atoms with Crippen LogP contribution in [-0.4, -0.2) is 28.0 Å². The second kappa shape index (κ2) is 8.19. The summed E-state index contributed by atoms with van der Waals surface area (Å²) in [5.41, 5.74) is 2.89. The van der Waals surface area contributed by atoms with Crippen molar-refractivity contribution < 1.29 is 9.90 Å². The van der Waals surface area contributed by atoms with E-state index in [1.165, 1.54) is 0 Å². The minimum Gasteiger partial charge on any atom is -0.508 e.